The Balaban J connectivity index is 1.82. The molecule has 0 aromatic heterocycles. The maximum Gasteiger partial charge on any atom is 0.347 e. The zero-order chi connectivity index (χ0) is 16.4. The average molecular weight is 310 g/mol. The Kier molecular flexibility index (Phi) is 4.12. The molecule has 0 heterocycles. The van der Waals surface area contributed by atoms with E-state index in [0.717, 1.165) is 12.8 Å². The number of fused-ring (bicyclic) bond motifs is 1. The van der Waals surface area contributed by atoms with Crippen LogP contribution < -0.4 is 4.74 Å². The third-order valence-corrected chi connectivity index (χ3v) is 4.54. The monoisotopic (exact) mass is 310 g/mol. The number of ether oxygens (including phenoxy) is 1. The van der Waals surface area contributed by atoms with Crippen molar-refractivity contribution in [3.05, 3.63) is 65.2 Å². The van der Waals surface area contributed by atoms with Crippen molar-refractivity contribution < 1.29 is 14.6 Å². The van der Waals surface area contributed by atoms with Crippen molar-refractivity contribution in [2.75, 3.05) is 0 Å². The van der Waals surface area contributed by atoms with Gasteiger partial charge in [-0.15, -0.1) is 0 Å². The van der Waals surface area contributed by atoms with Crippen LogP contribution in [0.15, 0.2) is 48.5 Å². The first-order chi connectivity index (χ1) is 11.0. The maximum absolute atomic E-state index is 11.2. The van der Waals surface area contributed by atoms with Gasteiger partial charge in [-0.2, -0.15) is 0 Å². The summed E-state index contributed by atoms with van der Waals surface area (Å²) in [5.41, 5.74) is 2.89. The molecule has 2 aromatic carbocycles. The quantitative estimate of drug-likeness (QED) is 0.910. The lowest BCUT2D eigenvalue weighted by atomic mass is 9.79. The third kappa shape index (κ3) is 3.24. The van der Waals surface area contributed by atoms with E-state index >= 15 is 0 Å². The van der Waals surface area contributed by atoms with Crippen LogP contribution in [0.3, 0.4) is 0 Å². The molecule has 0 fully saturated rings. The normalized spacial score (nSPS) is 17.4. The van der Waals surface area contributed by atoms with Gasteiger partial charge in [0.25, 0.3) is 0 Å². The Bertz CT molecular complexity index is 701. The molecule has 0 aliphatic heterocycles. The fourth-order valence-electron chi connectivity index (χ4n) is 3.21. The molecule has 0 bridgehead atoms. The largest absolute Gasteiger partial charge is 0.478 e. The zero-order valence-corrected chi connectivity index (χ0v) is 13.6. The van der Waals surface area contributed by atoms with Gasteiger partial charge in [0.2, 0.25) is 0 Å². The second kappa shape index (κ2) is 6.07. The van der Waals surface area contributed by atoms with E-state index in [1.54, 1.807) is 13.8 Å². The van der Waals surface area contributed by atoms with E-state index in [2.05, 4.69) is 36.4 Å². The molecule has 0 radical (unpaired) electrons. The van der Waals surface area contributed by atoms with Crippen LogP contribution in [0.1, 0.15) is 49.3 Å². The Hall–Kier alpha value is -2.29. The minimum absolute atomic E-state index is 0.418. The number of benzene rings is 2. The smallest absolute Gasteiger partial charge is 0.347 e. The second-order valence-electron chi connectivity index (χ2n) is 6.63. The highest BCUT2D eigenvalue weighted by molar-refractivity contribution is 5.76. The number of rotatable bonds is 4. The first-order valence-corrected chi connectivity index (χ1v) is 8.07. The van der Waals surface area contributed by atoms with Crippen LogP contribution in [-0.2, 0) is 11.2 Å². The highest BCUT2D eigenvalue weighted by atomic mass is 16.5. The zero-order valence-electron chi connectivity index (χ0n) is 13.6. The van der Waals surface area contributed by atoms with E-state index < -0.39 is 11.6 Å². The van der Waals surface area contributed by atoms with Gasteiger partial charge in [0.1, 0.15) is 5.75 Å². The number of aryl methyl sites for hydroxylation is 1. The molecule has 0 spiro atoms. The number of aliphatic carboxylic acids is 1. The van der Waals surface area contributed by atoms with Crippen molar-refractivity contribution in [1.82, 2.24) is 0 Å². The average Bonchev–Trinajstić information content (AvgIpc) is 2.55. The first-order valence-electron chi connectivity index (χ1n) is 8.07. The molecule has 0 saturated carbocycles. The number of hydrogen-bond acceptors (Lipinski definition) is 2. The second-order valence-corrected chi connectivity index (χ2v) is 6.63. The molecule has 3 heteroatoms. The number of carbonyl (C=O) groups is 1. The van der Waals surface area contributed by atoms with E-state index in [0.29, 0.717) is 11.7 Å². The highest BCUT2D eigenvalue weighted by Gasteiger charge is 2.29. The van der Waals surface area contributed by atoms with Gasteiger partial charge in [-0.25, -0.2) is 4.79 Å². The summed E-state index contributed by atoms with van der Waals surface area (Å²) in [4.78, 5) is 11.2. The van der Waals surface area contributed by atoms with Gasteiger partial charge in [0.05, 0.1) is 0 Å². The van der Waals surface area contributed by atoms with Crippen LogP contribution in [0.5, 0.6) is 5.75 Å². The molecule has 3 rings (SSSR count). The first kappa shape index (κ1) is 15.6. The summed E-state index contributed by atoms with van der Waals surface area (Å²) in [6.45, 7) is 3.11. The van der Waals surface area contributed by atoms with Gasteiger partial charge in [0.15, 0.2) is 5.60 Å². The molecular weight excluding hydrogens is 288 g/mol. The predicted octanol–water partition coefficient (Wildman–Crippen LogP) is 4.40. The summed E-state index contributed by atoms with van der Waals surface area (Å²) in [6, 6.07) is 16.5. The van der Waals surface area contributed by atoms with Crippen LogP contribution in [0.25, 0.3) is 0 Å². The van der Waals surface area contributed by atoms with Gasteiger partial charge in [0, 0.05) is 5.92 Å². The maximum atomic E-state index is 11.2. The van der Waals surface area contributed by atoms with Crippen LogP contribution in [0, 0.1) is 0 Å². The molecular formula is C20H22O3. The SMILES string of the molecule is CC(C)(Oc1ccc([C@H]2CCCc3ccccc32)cc1)C(=O)O. The Morgan fingerprint density at radius 1 is 1.13 bits per heavy atom. The van der Waals surface area contributed by atoms with Crippen LogP contribution >= 0.6 is 0 Å². The minimum Gasteiger partial charge on any atom is -0.478 e. The van der Waals surface area contributed by atoms with Gasteiger partial charge in [-0.1, -0.05) is 36.4 Å². The Morgan fingerprint density at radius 3 is 2.52 bits per heavy atom. The summed E-state index contributed by atoms with van der Waals surface area (Å²) < 4.78 is 5.58. The summed E-state index contributed by atoms with van der Waals surface area (Å²) in [6.07, 6.45) is 3.50. The molecule has 1 N–H and O–H groups in total. The molecule has 1 atom stereocenters. The number of carboxylic acid groups (broad SMARTS) is 1. The fourth-order valence-corrected chi connectivity index (χ4v) is 3.21. The highest BCUT2D eigenvalue weighted by Crippen LogP contribution is 2.37. The van der Waals surface area contributed by atoms with Crippen molar-refractivity contribution in [2.45, 2.75) is 44.6 Å². The summed E-state index contributed by atoms with van der Waals surface area (Å²) >= 11 is 0. The molecule has 0 saturated heterocycles. The Morgan fingerprint density at radius 2 is 1.83 bits per heavy atom. The number of carboxylic acids is 1. The van der Waals surface area contributed by atoms with Gasteiger partial charge in [-0.05, 0) is 61.9 Å². The molecule has 1 aliphatic rings. The van der Waals surface area contributed by atoms with E-state index in [9.17, 15) is 4.79 Å². The summed E-state index contributed by atoms with van der Waals surface area (Å²) in [7, 11) is 0. The lowest BCUT2D eigenvalue weighted by Crippen LogP contribution is -2.37. The fraction of sp³-hybridized carbons (Fsp3) is 0.350. The van der Waals surface area contributed by atoms with E-state index in [-0.39, 0.29) is 0 Å². The minimum atomic E-state index is -1.22. The van der Waals surface area contributed by atoms with Gasteiger partial charge < -0.3 is 9.84 Å². The topological polar surface area (TPSA) is 46.5 Å². The summed E-state index contributed by atoms with van der Waals surface area (Å²) in [5, 5.41) is 9.15. The van der Waals surface area contributed by atoms with Crippen molar-refractivity contribution >= 4 is 5.97 Å². The number of hydrogen-bond donors (Lipinski definition) is 1. The van der Waals surface area contributed by atoms with Crippen molar-refractivity contribution in [1.29, 1.82) is 0 Å². The molecule has 0 unspecified atom stereocenters. The van der Waals surface area contributed by atoms with E-state index in [1.807, 2.05) is 12.1 Å². The lowest BCUT2D eigenvalue weighted by Gasteiger charge is -2.26. The molecule has 120 valence electrons. The van der Waals surface area contributed by atoms with Crippen molar-refractivity contribution in [2.24, 2.45) is 0 Å². The predicted molar refractivity (Wildman–Crippen MR) is 90.0 cm³/mol. The van der Waals surface area contributed by atoms with E-state index in [1.165, 1.54) is 23.1 Å². The summed E-state index contributed by atoms with van der Waals surface area (Å²) in [5.74, 6) is 0.0366. The molecule has 0 amide bonds. The van der Waals surface area contributed by atoms with Crippen LogP contribution in [0.4, 0.5) is 0 Å². The molecule has 3 nitrogen and oxygen atoms in total. The van der Waals surface area contributed by atoms with Gasteiger partial charge >= 0.3 is 5.97 Å². The molecule has 1 aliphatic carbocycles. The van der Waals surface area contributed by atoms with Crippen molar-refractivity contribution in [3.63, 3.8) is 0 Å². The molecule has 23 heavy (non-hydrogen) atoms. The van der Waals surface area contributed by atoms with E-state index in [4.69, 9.17) is 9.84 Å². The van der Waals surface area contributed by atoms with Crippen LogP contribution in [0.2, 0.25) is 0 Å². The molecule has 2 aromatic rings. The standard InChI is InChI=1S/C20H22O3/c1-20(2,19(21)22)23-16-12-10-15(11-13-16)18-9-5-7-14-6-3-4-8-17(14)18/h3-4,6,8,10-13,18H,5,7,9H2,1-2H3,(H,21,22)/t18-/m1/s1. The van der Waals surface area contributed by atoms with Crippen LogP contribution in [-0.4, -0.2) is 16.7 Å². The van der Waals surface area contributed by atoms with Gasteiger partial charge in [-0.3, -0.25) is 0 Å². The Labute approximate surface area is 136 Å². The lowest BCUT2D eigenvalue weighted by molar-refractivity contribution is -0.152. The van der Waals surface area contributed by atoms with Crippen molar-refractivity contribution in [3.8, 4) is 5.75 Å². The third-order valence-electron chi connectivity index (χ3n) is 4.54.